The Morgan fingerprint density at radius 2 is 2.09 bits per heavy atom. The maximum Gasteiger partial charge on any atom is 0.254 e. The number of nitrogens with zero attached hydrogens (tertiary/aromatic N) is 1. The predicted molar refractivity (Wildman–Crippen MR) is 88.0 cm³/mol. The van der Waals surface area contributed by atoms with Gasteiger partial charge in [-0.1, -0.05) is 18.0 Å². The van der Waals surface area contributed by atoms with Gasteiger partial charge in [0, 0.05) is 32.2 Å². The number of nitrogens with two attached hydrogens (primary N) is 1. The van der Waals surface area contributed by atoms with Crippen molar-refractivity contribution in [3.05, 3.63) is 28.8 Å². The number of halogens is 1. The molecule has 0 saturated heterocycles. The van der Waals surface area contributed by atoms with Crippen molar-refractivity contribution >= 4 is 29.1 Å². The van der Waals surface area contributed by atoms with Crippen LogP contribution in [0.1, 0.15) is 36.0 Å². The Morgan fingerprint density at radius 1 is 1.36 bits per heavy atom. The second-order valence-corrected chi connectivity index (χ2v) is 6.41. The number of anilines is 1. The average molecular weight is 324 g/mol. The molecular weight excluding hydrogens is 302 g/mol. The first-order valence-corrected chi connectivity index (χ1v) is 7.83. The Bertz CT molecular complexity index is 575. The SMILES string of the molecule is CN(C)C(=O)c1cc(NC(=O)C[C@@H]2CCC[C@H]2N)ccc1Cl. The number of nitrogens with one attached hydrogen (secondary N) is 1. The Labute approximate surface area is 135 Å². The van der Waals surface area contributed by atoms with Gasteiger partial charge >= 0.3 is 0 Å². The summed E-state index contributed by atoms with van der Waals surface area (Å²) in [5.41, 5.74) is 6.94. The molecule has 2 atom stereocenters. The van der Waals surface area contributed by atoms with Gasteiger partial charge in [0.2, 0.25) is 5.91 Å². The summed E-state index contributed by atoms with van der Waals surface area (Å²) in [5.74, 6) is -0.0259. The van der Waals surface area contributed by atoms with Crippen molar-refractivity contribution in [1.82, 2.24) is 4.90 Å². The lowest BCUT2D eigenvalue weighted by molar-refractivity contribution is -0.117. The third-order valence-corrected chi connectivity index (χ3v) is 4.38. The van der Waals surface area contributed by atoms with Crippen molar-refractivity contribution in [2.75, 3.05) is 19.4 Å². The van der Waals surface area contributed by atoms with Crippen molar-refractivity contribution < 1.29 is 9.59 Å². The molecule has 0 unspecified atom stereocenters. The third kappa shape index (κ3) is 3.99. The second kappa shape index (κ2) is 7.11. The van der Waals surface area contributed by atoms with Crippen LogP contribution in [0.15, 0.2) is 18.2 Å². The minimum atomic E-state index is -0.195. The van der Waals surface area contributed by atoms with E-state index in [0.29, 0.717) is 22.7 Å². The molecule has 0 heterocycles. The molecule has 1 aromatic rings. The molecule has 6 heteroatoms. The van der Waals surface area contributed by atoms with E-state index < -0.39 is 0 Å². The molecular formula is C16H22ClN3O2. The van der Waals surface area contributed by atoms with Gasteiger partial charge in [0.05, 0.1) is 10.6 Å². The zero-order valence-electron chi connectivity index (χ0n) is 12.9. The molecule has 120 valence electrons. The predicted octanol–water partition coefficient (Wildman–Crippen LogP) is 2.50. The highest BCUT2D eigenvalue weighted by Gasteiger charge is 2.26. The van der Waals surface area contributed by atoms with Gasteiger partial charge in [0.15, 0.2) is 0 Å². The molecule has 0 aromatic heterocycles. The fourth-order valence-electron chi connectivity index (χ4n) is 2.78. The van der Waals surface area contributed by atoms with E-state index in [1.165, 1.54) is 4.90 Å². The summed E-state index contributed by atoms with van der Waals surface area (Å²) >= 11 is 6.05. The number of amides is 2. The van der Waals surface area contributed by atoms with Crippen LogP contribution >= 0.6 is 11.6 Å². The zero-order valence-corrected chi connectivity index (χ0v) is 13.7. The number of rotatable bonds is 4. The molecule has 2 amide bonds. The number of benzene rings is 1. The van der Waals surface area contributed by atoms with E-state index >= 15 is 0 Å². The van der Waals surface area contributed by atoms with Gasteiger partial charge in [-0.15, -0.1) is 0 Å². The Morgan fingerprint density at radius 3 is 2.68 bits per heavy atom. The molecule has 1 saturated carbocycles. The van der Waals surface area contributed by atoms with E-state index in [-0.39, 0.29) is 23.8 Å². The third-order valence-electron chi connectivity index (χ3n) is 4.05. The van der Waals surface area contributed by atoms with E-state index in [9.17, 15) is 9.59 Å². The van der Waals surface area contributed by atoms with E-state index in [1.54, 1.807) is 32.3 Å². The fourth-order valence-corrected chi connectivity index (χ4v) is 2.98. The molecule has 0 spiro atoms. The minimum absolute atomic E-state index is 0.0760. The standard InChI is InChI=1S/C16H22ClN3O2/c1-20(2)16(22)12-9-11(6-7-13(12)17)19-15(21)8-10-4-3-5-14(10)18/h6-7,9-10,14H,3-5,8,18H2,1-2H3,(H,19,21)/t10-,14+/m0/s1. The van der Waals surface area contributed by atoms with Crippen molar-refractivity contribution in [3.63, 3.8) is 0 Å². The van der Waals surface area contributed by atoms with E-state index in [4.69, 9.17) is 17.3 Å². The smallest absolute Gasteiger partial charge is 0.254 e. The van der Waals surface area contributed by atoms with Crippen molar-refractivity contribution in [2.24, 2.45) is 11.7 Å². The highest BCUT2D eigenvalue weighted by molar-refractivity contribution is 6.34. The topological polar surface area (TPSA) is 75.4 Å². The maximum atomic E-state index is 12.1. The molecule has 0 aliphatic heterocycles. The second-order valence-electron chi connectivity index (χ2n) is 6.00. The van der Waals surface area contributed by atoms with Crippen LogP contribution < -0.4 is 11.1 Å². The summed E-state index contributed by atoms with van der Waals surface area (Å²) in [4.78, 5) is 25.6. The first-order chi connectivity index (χ1) is 10.4. The van der Waals surface area contributed by atoms with Crippen LogP contribution in [0.3, 0.4) is 0 Å². The van der Waals surface area contributed by atoms with E-state index in [2.05, 4.69) is 5.32 Å². The van der Waals surface area contributed by atoms with Crippen molar-refractivity contribution in [2.45, 2.75) is 31.7 Å². The fraction of sp³-hybridized carbons (Fsp3) is 0.500. The largest absolute Gasteiger partial charge is 0.345 e. The van der Waals surface area contributed by atoms with Crippen LogP contribution in [0.25, 0.3) is 0 Å². The first-order valence-electron chi connectivity index (χ1n) is 7.45. The average Bonchev–Trinajstić information content (AvgIpc) is 2.85. The molecule has 1 aliphatic carbocycles. The van der Waals surface area contributed by atoms with Gasteiger partial charge in [-0.25, -0.2) is 0 Å². The van der Waals surface area contributed by atoms with E-state index in [0.717, 1.165) is 19.3 Å². The van der Waals surface area contributed by atoms with Crippen molar-refractivity contribution in [3.8, 4) is 0 Å². The first kappa shape index (κ1) is 16.8. The molecule has 1 aromatic carbocycles. The Hall–Kier alpha value is -1.59. The summed E-state index contributed by atoms with van der Waals surface area (Å²) in [6.45, 7) is 0. The summed E-state index contributed by atoms with van der Waals surface area (Å²) in [5, 5.41) is 3.20. The van der Waals surface area contributed by atoms with Gasteiger partial charge < -0.3 is 16.0 Å². The molecule has 22 heavy (non-hydrogen) atoms. The van der Waals surface area contributed by atoms with Crippen LogP contribution in [0.2, 0.25) is 5.02 Å². The van der Waals surface area contributed by atoms with Gasteiger partial charge in [0.25, 0.3) is 5.91 Å². The summed E-state index contributed by atoms with van der Waals surface area (Å²) in [6, 6.07) is 5.04. The highest BCUT2D eigenvalue weighted by Crippen LogP contribution is 2.27. The van der Waals surface area contributed by atoms with Gasteiger partial charge in [-0.3, -0.25) is 9.59 Å². The lowest BCUT2D eigenvalue weighted by Gasteiger charge is -2.16. The summed E-state index contributed by atoms with van der Waals surface area (Å²) < 4.78 is 0. The lowest BCUT2D eigenvalue weighted by Crippen LogP contribution is -2.28. The summed E-state index contributed by atoms with van der Waals surface area (Å²) in [6.07, 6.45) is 3.49. The Kier molecular flexibility index (Phi) is 5.42. The van der Waals surface area contributed by atoms with Crippen LogP contribution in [0.4, 0.5) is 5.69 Å². The zero-order chi connectivity index (χ0) is 16.3. The normalized spacial score (nSPS) is 20.7. The number of hydrogen-bond donors (Lipinski definition) is 2. The van der Waals surface area contributed by atoms with Gasteiger partial charge in [-0.05, 0) is 37.0 Å². The van der Waals surface area contributed by atoms with E-state index in [1.807, 2.05) is 0 Å². The monoisotopic (exact) mass is 323 g/mol. The minimum Gasteiger partial charge on any atom is -0.345 e. The molecule has 5 nitrogen and oxygen atoms in total. The van der Waals surface area contributed by atoms with Crippen LogP contribution in [0.5, 0.6) is 0 Å². The molecule has 3 N–H and O–H groups in total. The number of hydrogen-bond acceptors (Lipinski definition) is 3. The quantitative estimate of drug-likeness (QED) is 0.894. The number of carbonyl (C=O) groups is 2. The molecule has 0 bridgehead atoms. The van der Waals surface area contributed by atoms with Crippen molar-refractivity contribution in [1.29, 1.82) is 0 Å². The highest BCUT2D eigenvalue weighted by atomic mass is 35.5. The van der Waals surface area contributed by atoms with Crippen LogP contribution in [0, 0.1) is 5.92 Å². The van der Waals surface area contributed by atoms with Crippen LogP contribution in [-0.4, -0.2) is 36.9 Å². The molecule has 1 fully saturated rings. The molecule has 1 aliphatic rings. The lowest BCUT2D eigenvalue weighted by atomic mass is 10.00. The number of carbonyl (C=O) groups excluding carboxylic acids is 2. The molecule has 0 radical (unpaired) electrons. The molecule has 2 rings (SSSR count). The van der Waals surface area contributed by atoms with Crippen LogP contribution in [-0.2, 0) is 4.79 Å². The maximum absolute atomic E-state index is 12.1. The summed E-state index contributed by atoms with van der Waals surface area (Å²) in [7, 11) is 3.32. The Balaban J connectivity index is 2.05. The van der Waals surface area contributed by atoms with Gasteiger partial charge in [0.1, 0.15) is 0 Å². The van der Waals surface area contributed by atoms with Gasteiger partial charge in [-0.2, -0.15) is 0 Å².